The van der Waals surface area contributed by atoms with E-state index in [-0.39, 0.29) is 5.78 Å². The number of halogens is 1. The number of carbonyl (C=O) groups excluding carboxylic acids is 1. The van der Waals surface area contributed by atoms with Crippen molar-refractivity contribution in [2.45, 2.75) is 13.8 Å². The summed E-state index contributed by atoms with van der Waals surface area (Å²) in [5.41, 5.74) is 3.39. The van der Waals surface area contributed by atoms with Crippen LogP contribution in [0.3, 0.4) is 0 Å². The minimum Gasteiger partial charge on any atom is -0.497 e. The molecule has 0 aliphatic heterocycles. The Hall–Kier alpha value is -1.81. The lowest BCUT2D eigenvalue weighted by Gasteiger charge is -2.12. The molecule has 0 heterocycles. The Morgan fingerprint density at radius 3 is 2.29 bits per heavy atom. The van der Waals surface area contributed by atoms with Crippen molar-refractivity contribution in [2.24, 2.45) is 0 Å². The summed E-state index contributed by atoms with van der Waals surface area (Å²) < 4.78 is 11.2. The van der Waals surface area contributed by atoms with Crippen LogP contribution in [0.5, 0.6) is 11.5 Å². The smallest absolute Gasteiger partial charge is 0.197 e. The highest BCUT2D eigenvalue weighted by Crippen LogP contribution is 2.34. The minimum atomic E-state index is -0.0792. The molecule has 0 bridgehead atoms. The molecule has 0 radical (unpaired) electrons. The van der Waals surface area contributed by atoms with E-state index in [0.717, 1.165) is 11.1 Å². The van der Waals surface area contributed by atoms with Crippen molar-refractivity contribution in [1.82, 2.24) is 0 Å². The lowest BCUT2D eigenvalue weighted by atomic mass is 9.98. The summed E-state index contributed by atoms with van der Waals surface area (Å²) >= 11 is 3.43. The predicted octanol–water partition coefficient (Wildman–Crippen LogP) is 4.31. The van der Waals surface area contributed by atoms with Gasteiger partial charge in [0, 0.05) is 16.1 Å². The molecule has 21 heavy (non-hydrogen) atoms. The fraction of sp³-hybridized carbons (Fsp3) is 0.235. The van der Waals surface area contributed by atoms with Crippen LogP contribution in [0.15, 0.2) is 34.8 Å². The Morgan fingerprint density at radius 2 is 1.71 bits per heavy atom. The zero-order chi connectivity index (χ0) is 15.6. The second-order valence-corrected chi connectivity index (χ2v) is 5.67. The number of methoxy groups -OCH3 is 2. The molecular weight excluding hydrogens is 332 g/mol. The van der Waals surface area contributed by atoms with Gasteiger partial charge in [0.25, 0.3) is 0 Å². The SMILES string of the molecule is COc1cc(Br)c(C(=O)c2ccc(C)c(C)c2)c(OC)c1. The van der Waals surface area contributed by atoms with Gasteiger partial charge in [0.15, 0.2) is 5.78 Å². The van der Waals surface area contributed by atoms with Gasteiger partial charge in [-0.2, -0.15) is 0 Å². The zero-order valence-corrected chi connectivity index (χ0v) is 14.1. The Balaban J connectivity index is 2.54. The summed E-state index contributed by atoms with van der Waals surface area (Å²) in [4.78, 5) is 12.8. The molecule has 4 heteroatoms. The molecular formula is C17H17BrO3. The molecule has 0 N–H and O–H groups in total. The van der Waals surface area contributed by atoms with E-state index in [9.17, 15) is 4.79 Å². The summed E-state index contributed by atoms with van der Waals surface area (Å²) in [6.07, 6.45) is 0. The lowest BCUT2D eigenvalue weighted by Crippen LogP contribution is -2.06. The number of hydrogen-bond acceptors (Lipinski definition) is 3. The molecule has 0 aliphatic rings. The largest absolute Gasteiger partial charge is 0.497 e. The zero-order valence-electron chi connectivity index (χ0n) is 12.5. The van der Waals surface area contributed by atoms with Crippen molar-refractivity contribution in [3.05, 3.63) is 57.1 Å². The van der Waals surface area contributed by atoms with Crippen molar-refractivity contribution < 1.29 is 14.3 Å². The molecule has 0 amide bonds. The molecule has 0 saturated carbocycles. The second-order valence-electron chi connectivity index (χ2n) is 4.81. The van der Waals surface area contributed by atoms with E-state index in [1.807, 2.05) is 32.0 Å². The quantitative estimate of drug-likeness (QED) is 0.772. The van der Waals surface area contributed by atoms with Crippen LogP contribution >= 0.6 is 15.9 Å². The molecule has 0 saturated heterocycles. The molecule has 3 nitrogen and oxygen atoms in total. The van der Waals surface area contributed by atoms with Gasteiger partial charge < -0.3 is 9.47 Å². The third kappa shape index (κ3) is 3.10. The third-order valence-electron chi connectivity index (χ3n) is 3.48. The van der Waals surface area contributed by atoms with Crippen LogP contribution in [0.25, 0.3) is 0 Å². The number of hydrogen-bond donors (Lipinski definition) is 0. The Kier molecular flexibility index (Phi) is 4.68. The maximum absolute atomic E-state index is 12.8. The van der Waals surface area contributed by atoms with E-state index >= 15 is 0 Å². The molecule has 0 unspecified atom stereocenters. The average molecular weight is 349 g/mol. The molecule has 2 aromatic rings. The van der Waals surface area contributed by atoms with E-state index in [4.69, 9.17) is 9.47 Å². The number of ether oxygens (including phenoxy) is 2. The van der Waals surface area contributed by atoms with Crippen LogP contribution in [0, 0.1) is 13.8 Å². The van der Waals surface area contributed by atoms with E-state index in [0.29, 0.717) is 27.1 Å². The molecule has 0 atom stereocenters. The van der Waals surface area contributed by atoms with Crippen molar-refractivity contribution >= 4 is 21.7 Å². The fourth-order valence-corrected chi connectivity index (χ4v) is 2.69. The van der Waals surface area contributed by atoms with Gasteiger partial charge in [-0.3, -0.25) is 4.79 Å². The monoisotopic (exact) mass is 348 g/mol. The molecule has 0 fully saturated rings. The van der Waals surface area contributed by atoms with Crippen molar-refractivity contribution in [2.75, 3.05) is 14.2 Å². The summed E-state index contributed by atoms with van der Waals surface area (Å²) in [5, 5.41) is 0. The Morgan fingerprint density at radius 1 is 1.00 bits per heavy atom. The normalized spacial score (nSPS) is 10.3. The highest BCUT2D eigenvalue weighted by Gasteiger charge is 2.20. The van der Waals surface area contributed by atoms with E-state index < -0.39 is 0 Å². The molecule has 0 aliphatic carbocycles. The van der Waals surface area contributed by atoms with Crippen LogP contribution < -0.4 is 9.47 Å². The van der Waals surface area contributed by atoms with Gasteiger partial charge in [0.1, 0.15) is 11.5 Å². The van der Waals surface area contributed by atoms with Crippen LogP contribution in [-0.4, -0.2) is 20.0 Å². The van der Waals surface area contributed by atoms with E-state index in [1.165, 1.54) is 0 Å². The van der Waals surface area contributed by atoms with Gasteiger partial charge in [-0.1, -0.05) is 12.1 Å². The van der Waals surface area contributed by atoms with Gasteiger partial charge in [-0.05, 0) is 53.0 Å². The summed E-state index contributed by atoms with van der Waals surface area (Å²) in [6, 6.07) is 9.15. The number of ketones is 1. The minimum absolute atomic E-state index is 0.0792. The summed E-state index contributed by atoms with van der Waals surface area (Å²) in [5.74, 6) is 1.05. The van der Waals surface area contributed by atoms with E-state index in [2.05, 4.69) is 15.9 Å². The highest BCUT2D eigenvalue weighted by molar-refractivity contribution is 9.10. The van der Waals surface area contributed by atoms with Gasteiger partial charge in [-0.25, -0.2) is 0 Å². The lowest BCUT2D eigenvalue weighted by molar-refractivity contribution is 0.103. The maximum Gasteiger partial charge on any atom is 0.197 e. The molecule has 110 valence electrons. The summed E-state index contributed by atoms with van der Waals surface area (Å²) in [6.45, 7) is 4.01. The van der Waals surface area contributed by atoms with Crippen LogP contribution in [0.2, 0.25) is 0 Å². The molecule has 2 rings (SSSR count). The Labute approximate surface area is 133 Å². The Bertz CT molecular complexity index is 693. The second kappa shape index (κ2) is 6.31. The first-order valence-corrected chi connectivity index (χ1v) is 7.30. The molecule has 0 aromatic heterocycles. The number of aryl methyl sites for hydroxylation is 2. The molecule has 0 spiro atoms. The number of benzene rings is 2. The molecule has 2 aromatic carbocycles. The predicted molar refractivity (Wildman–Crippen MR) is 86.6 cm³/mol. The average Bonchev–Trinajstić information content (AvgIpc) is 2.48. The van der Waals surface area contributed by atoms with Crippen molar-refractivity contribution in [3.63, 3.8) is 0 Å². The van der Waals surface area contributed by atoms with Crippen LogP contribution in [0.4, 0.5) is 0 Å². The van der Waals surface area contributed by atoms with Gasteiger partial charge in [0.2, 0.25) is 0 Å². The van der Waals surface area contributed by atoms with Crippen LogP contribution in [-0.2, 0) is 0 Å². The van der Waals surface area contributed by atoms with Gasteiger partial charge in [0.05, 0.1) is 19.8 Å². The third-order valence-corrected chi connectivity index (χ3v) is 4.10. The topological polar surface area (TPSA) is 35.5 Å². The first-order valence-electron chi connectivity index (χ1n) is 6.51. The maximum atomic E-state index is 12.8. The fourth-order valence-electron chi connectivity index (χ4n) is 2.08. The van der Waals surface area contributed by atoms with Gasteiger partial charge >= 0.3 is 0 Å². The number of rotatable bonds is 4. The van der Waals surface area contributed by atoms with Gasteiger partial charge in [-0.15, -0.1) is 0 Å². The first kappa shape index (κ1) is 15.6. The number of carbonyl (C=O) groups is 1. The summed E-state index contributed by atoms with van der Waals surface area (Å²) in [7, 11) is 3.12. The van der Waals surface area contributed by atoms with E-state index in [1.54, 1.807) is 26.4 Å². The standard InChI is InChI=1S/C17H17BrO3/c1-10-5-6-12(7-11(10)2)17(19)16-14(18)8-13(20-3)9-15(16)21-4/h5-9H,1-4H3. The highest BCUT2D eigenvalue weighted by atomic mass is 79.9. The van der Waals surface area contributed by atoms with Crippen molar-refractivity contribution in [3.8, 4) is 11.5 Å². The van der Waals surface area contributed by atoms with Crippen molar-refractivity contribution in [1.29, 1.82) is 0 Å². The van der Waals surface area contributed by atoms with Crippen LogP contribution in [0.1, 0.15) is 27.0 Å². The first-order chi connectivity index (χ1) is 9.97.